The molecule has 1 atom stereocenters. The number of fused-ring (bicyclic) bond motifs is 1. The van der Waals surface area contributed by atoms with Gasteiger partial charge in [0.05, 0.1) is 4.92 Å². The van der Waals surface area contributed by atoms with Crippen LogP contribution in [0.25, 0.3) is 10.9 Å². The molecule has 0 bridgehead atoms. The van der Waals surface area contributed by atoms with Gasteiger partial charge in [-0.25, -0.2) is 0 Å². The van der Waals surface area contributed by atoms with Gasteiger partial charge in [0.15, 0.2) is 6.61 Å². The molecule has 0 spiro atoms. The summed E-state index contributed by atoms with van der Waals surface area (Å²) in [6, 6.07) is 13.1. The lowest BCUT2D eigenvalue weighted by atomic mass is 10.0. The molecule has 2 aliphatic rings. The molecule has 2 saturated heterocycles. The highest BCUT2D eigenvalue weighted by molar-refractivity contribution is 5.85. The molecule has 2 fully saturated rings. The van der Waals surface area contributed by atoms with Gasteiger partial charge in [0.2, 0.25) is 0 Å². The number of ether oxygens (including phenoxy) is 1. The normalized spacial score (nSPS) is 18.8. The number of non-ortho nitro benzene ring substituents is 1. The standard InChI is InChI=1S/C26H31N5O4/c1-28-10-2-3-22(28)15-19-17-27-25-9-8-23(16-24(19)25)35-18-26(32)30-13-11-29(12-14-30)20-4-6-21(7-5-20)31(33)34/h4-9,16-17,22,27H,2-3,10-15,18H2,1H3/t22-/m1/s1. The predicted molar refractivity (Wildman–Crippen MR) is 135 cm³/mol. The lowest BCUT2D eigenvalue weighted by molar-refractivity contribution is -0.384. The molecule has 0 aliphatic carbocycles. The zero-order valence-corrected chi connectivity index (χ0v) is 20.0. The Morgan fingerprint density at radius 1 is 1.11 bits per heavy atom. The third-order valence-corrected chi connectivity index (χ3v) is 7.29. The Morgan fingerprint density at radius 3 is 2.57 bits per heavy atom. The summed E-state index contributed by atoms with van der Waals surface area (Å²) >= 11 is 0. The van der Waals surface area contributed by atoms with Gasteiger partial charge in [0, 0.05) is 67.1 Å². The summed E-state index contributed by atoms with van der Waals surface area (Å²) in [6.07, 6.45) is 5.58. The Labute approximate surface area is 204 Å². The third kappa shape index (κ3) is 5.09. The van der Waals surface area contributed by atoms with Crippen molar-refractivity contribution in [2.75, 3.05) is 51.3 Å². The van der Waals surface area contributed by atoms with Crippen molar-refractivity contribution in [1.82, 2.24) is 14.8 Å². The Kier molecular flexibility index (Phi) is 6.59. The summed E-state index contributed by atoms with van der Waals surface area (Å²) in [6.45, 7) is 3.71. The summed E-state index contributed by atoms with van der Waals surface area (Å²) in [5.74, 6) is 0.673. The van der Waals surface area contributed by atoms with Crippen molar-refractivity contribution < 1.29 is 14.5 Å². The number of aromatic amines is 1. The fourth-order valence-electron chi connectivity index (χ4n) is 5.14. The molecule has 5 rings (SSSR count). The zero-order valence-electron chi connectivity index (χ0n) is 20.0. The van der Waals surface area contributed by atoms with Crippen LogP contribution in [0.5, 0.6) is 5.75 Å². The van der Waals surface area contributed by atoms with E-state index in [9.17, 15) is 14.9 Å². The molecular formula is C26H31N5O4. The van der Waals surface area contributed by atoms with Crippen LogP contribution < -0.4 is 9.64 Å². The van der Waals surface area contributed by atoms with Gasteiger partial charge in [-0.05, 0) is 68.8 Å². The number of hydrogen-bond donors (Lipinski definition) is 1. The molecule has 3 aromatic rings. The van der Waals surface area contributed by atoms with Crippen molar-refractivity contribution in [1.29, 1.82) is 0 Å². The molecule has 0 saturated carbocycles. The Balaban J connectivity index is 1.15. The fraction of sp³-hybridized carbons (Fsp3) is 0.423. The highest BCUT2D eigenvalue weighted by Crippen LogP contribution is 2.28. The summed E-state index contributed by atoms with van der Waals surface area (Å²) in [7, 11) is 2.19. The second-order valence-electron chi connectivity index (χ2n) is 9.43. The lowest BCUT2D eigenvalue weighted by Crippen LogP contribution is -2.50. The molecule has 2 aromatic carbocycles. The number of anilines is 1. The van der Waals surface area contributed by atoms with Crippen LogP contribution in [0.15, 0.2) is 48.7 Å². The Bertz CT molecular complexity index is 1200. The number of nitrogens with one attached hydrogen (secondary N) is 1. The van der Waals surface area contributed by atoms with Crippen LogP contribution in [0, 0.1) is 10.1 Å². The molecule has 0 unspecified atom stereocenters. The highest BCUT2D eigenvalue weighted by Gasteiger charge is 2.23. The van der Waals surface area contributed by atoms with Crippen LogP contribution in [0.3, 0.4) is 0 Å². The number of amides is 1. The van der Waals surface area contributed by atoms with Crippen LogP contribution in [-0.4, -0.2) is 78.0 Å². The maximum Gasteiger partial charge on any atom is 0.269 e. The van der Waals surface area contributed by atoms with Crippen LogP contribution in [0.1, 0.15) is 18.4 Å². The molecule has 1 amide bonds. The number of rotatable bonds is 7. The van der Waals surface area contributed by atoms with Crippen molar-refractivity contribution >= 4 is 28.2 Å². The third-order valence-electron chi connectivity index (χ3n) is 7.29. The van der Waals surface area contributed by atoms with Gasteiger partial charge in [-0.2, -0.15) is 0 Å². The molecule has 1 N–H and O–H groups in total. The van der Waals surface area contributed by atoms with Crippen molar-refractivity contribution in [3.63, 3.8) is 0 Å². The number of nitrogens with zero attached hydrogens (tertiary/aromatic N) is 4. The topological polar surface area (TPSA) is 95.0 Å². The monoisotopic (exact) mass is 477 g/mol. The van der Waals surface area contributed by atoms with E-state index >= 15 is 0 Å². The predicted octanol–water partition coefficient (Wildman–Crippen LogP) is 3.44. The van der Waals surface area contributed by atoms with Gasteiger partial charge < -0.3 is 24.4 Å². The lowest BCUT2D eigenvalue weighted by Gasteiger charge is -2.36. The average Bonchev–Trinajstić information content (AvgIpc) is 3.48. The minimum atomic E-state index is -0.400. The smallest absolute Gasteiger partial charge is 0.269 e. The summed E-state index contributed by atoms with van der Waals surface area (Å²) in [5.41, 5.74) is 3.38. The Morgan fingerprint density at radius 2 is 1.89 bits per heavy atom. The van der Waals surface area contributed by atoms with Gasteiger partial charge >= 0.3 is 0 Å². The first-order valence-electron chi connectivity index (χ1n) is 12.2. The summed E-state index contributed by atoms with van der Waals surface area (Å²) < 4.78 is 5.90. The minimum absolute atomic E-state index is 0.00809. The molecule has 0 radical (unpaired) electrons. The number of hydrogen-bond acceptors (Lipinski definition) is 6. The number of nitro benzene ring substituents is 1. The number of benzene rings is 2. The Hall–Kier alpha value is -3.59. The van der Waals surface area contributed by atoms with Crippen molar-refractivity contribution in [3.05, 3.63) is 64.3 Å². The van der Waals surface area contributed by atoms with E-state index in [2.05, 4.69) is 28.0 Å². The highest BCUT2D eigenvalue weighted by atomic mass is 16.6. The SMILES string of the molecule is CN1CCC[C@@H]1Cc1c[nH]c2ccc(OCC(=O)N3CCN(c4ccc([N+](=O)[O-])cc4)CC3)cc12. The first-order valence-corrected chi connectivity index (χ1v) is 12.2. The van der Waals surface area contributed by atoms with Gasteiger partial charge in [0.1, 0.15) is 5.75 Å². The number of likely N-dealkylation sites (tertiary alicyclic amines) is 1. The summed E-state index contributed by atoms with van der Waals surface area (Å²) in [4.78, 5) is 33.0. The van der Waals surface area contributed by atoms with Gasteiger partial charge in [-0.3, -0.25) is 14.9 Å². The first kappa shape index (κ1) is 23.2. The molecule has 9 heteroatoms. The van der Waals surface area contributed by atoms with Crippen molar-refractivity contribution in [3.8, 4) is 5.75 Å². The molecule has 3 heterocycles. The number of aromatic nitrogens is 1. The molecular weight excluding hydrogens is 446 g/mol. The van der Waals surface area contributed by atoms with E-state index in [0.29, 0.717) is 38.0 Å². The molecule has 184 valence electrons. The maximum absolute atomic E-state index is 12.8. The zero-order chi connectivity index (χ0) is 24.4. The molecule has 9 nitrogen and oxygen atoms in total. The van der Waals surface area contributed by atoms with Crippen LogP contribution in [-0.2, 0) is 11.2 Å². The maximum atomic E-state index is 12.8. The summed E-state index contributed by atoms with van der Waals surface area (Å²) in [5, 5.41) is 12.0. The van der Waals surface area contributed by atoms with E-state index in [4.69, 9.17) is 4.74 Å². The number of nitro groups is 1. The number of carbonyl (C=O) groups excluding carboxylic acids is 1. The number of likely N-dealkylation sites (N-methyl/N-ethyl adjacent to an activating group) is 1. The number of H-pyrrole nitrogens is 1. The fourth-order valence-corrected chi connectivity index (χ4v) is 5.14. The largest absolute Gasteiger partial charge is 0.484 e. The van der Waals surface area contributed by atoms with Crippen molar-refractivity contribution in [2.24, 2.45) is 0 Å². The average molecular weight is 478 g/mol. The van der Waals surface area contributed by atoms with Crippen LogP contribution in [0.2, 0.25) is 0 Å². The quantitative estimate of drug-likeness (QED) is 0.414. The van der Waals surface area contributed by atoms with Crippen LogP contribution in [0.4, 0.5) is 11.4 Å². The van der Waals surface area contributed by atoms with E-state index < -0.39 is 4.92 Å². The number of piperazine rings is 1. The van der Waals surface area contributed by atoms with E-state index in [-0.39, 0.29) is 18.2 Å². The minimum Gasteiger partial charge on any atom is -0.484 e. The van der Waals surface area contributed by atoms with Crippen LogP contribution >= 0.6 is 0 Å². The van der Waals surface area contributed by atoms with Gasteiger partial charge in [-0.1, -0.05) is 0 Å². The first-order chi connectivity index (χ1) is 17.0. The van der Waals surface area contributed by atoms with E-state index in [0.717, 1.165) is 29.6 Å². The molecule has 2 aliphatic heterocycles. The van der Waals surface area contributed by atoms with Crippen molar-refractivity contribution in [2.45, 2.75) is 25.3 Å². The van der Waals surface area contributed by atoms with E-state index in [1.807, 2.05) is 23.1 Å². The molecule has 35 heavy (non-hydrogen) atoms. The second kappa shape index (κ2) is 9.95. The van der Waals surface area contributed by atoms with Gasteiger partial charge in [0.25, 0.3) is 11.6 Å². The van der Waals surface area contributed by atoms with Gasteiger partial charge in [-0.15, -0.1) is 0 Å². The second-order valence-corrected chi connectivity index (χ2v) is 9.43. The van der Waals surface area contributed by atoms with E-state index in [1.165, 1.54) is 30.5 Å². The molecule has 1 aromatic heterocycles. The van der Waals surface area contributed by atoms with E-state index in [1.54, 1.807) is 12.1 Å². The number of carbonyl (C=O) groups is 1.